The zero-order chi connectivity index (χ0) is 13.7. The molecule has 2 aromatic rings. The lowest BCUT2D eigenvalue weighted by Gasteiger charge is -2.10. The van der Waals surface area contributed by atoms with Gasteiger partial charge >= 0.3 is 0 Å². The maximum atomic E-state index is 8.75. The zero-order valence-corrected chi connectivity index (χ0v) is 11.9. The predicted octanol–water partition coefficient (Wildman–Crippen LogP) is 3.71. The van der Waals surface area contributed by atoms with Crippen LogP contribution in [0.2, 0.25) is 0 Å². The molecule has 0 radical (unpaired) electrons. The summed E-state index contributed by atoms with van der Waals surface area (Å²) in [7, 11) is 0. The topological polar surface area (TPSA) is 61.8 Å². The minimum Gasteiger partial charge on any atom is -0.398 e. The highest BCUT2D eigenvalue weighted by molar-refractivity contribution is 9.10. The quantitative estimate of drug-likeness (QED) is 0.845. The Morgan fingerprint density at radius 2 is 1.95 bits per heavy atom. The Balaban J connectivity index is 2.10. The Hall–Kier alpha value is -1.99. The summed E-state index contributed by atoms with van der Waals surface area (Å²) in [6, 6.07) is 15.9. The molecular weight excluding hydrogens is 302 g/mol. The maximum absolute atomic E-state index is 8.75. The smallest absolute Gasteiger partial charge is 0.0670 e. The van der Waals surface area contributed by atoms with Gasteiger partial charge in [-0.2, -0.15) is 5.26 Å². The summed E-state index contributed by atoms with van der Waals surface area (Å²) in [5.74, 6) is 0. The van der Waals surface area contributed by atoms with Gasteiger partial charge in [0.2, 0.25) is 0 Å². The van der Waals surface area contributed by atoms with Gasteiger partial charge < -0.3 is 11.1 Å². The minimum atomic E-state index is 0.330. The number of hydrogen-bond acceptors (Lipinski definition) is 3. The van der Waals surface area contributed by atoms with Crippen LogP contribution in [0.25, 0.3) is 0 Å². The molecule has 0 aliphatic rings. The molecule has 0 heterocycles. The van der Waals surface area contributed by atoms with E-state index in [0.717, 1.165) is 22.3 Å². The van der Waals surface area contributed by atoms with Crippen molar-refractivity contribution < 1.29 is 0 Å². The van der Waals surface area contributed by atoms with Gasteiger partial charge in [0, 0.05) is 22.4 Å². The molecule has 0 spiro atoms. The molecule has 3 nitrogen and oxygen atoms in total. The van der Waals surface area contributed by atoms with Crippen LogP contribution in [0.4, 0.5) is 11.4 Å². The van der Waals surface area contributed by atoms with Crippen molar-refractivity contribution in [3.8, 4) is 6.07 Å². The highest BCUT2D eigenvalue weighted by Gasteiger charge is 2.02. The zero-order valence-electron chi connectivity index (χ0n) is 10.4. The number of benzene rings is 2. The van der Waals surface area contributed by atoms with Crippen molar-refractivity contribution >= 4 is 27.3 Å². The van der Waals surface area contributed by atoms with Crippen molar-refractivity contribution in [3.05, 3.63) is 58.1 Å². The highest BCUT2D eigenvalue weighted by Crippen LogP contribution is 2.21. The molecule has 0 saturated heterocycles. The van der Waals surface area contributed by atoms with Crippen LogP contribution in [0.15, 0.2) is 46.9 Å². The first-order chi connectivity index (χ1) is 9.20. The summed E-state index contributed by atoms with van der Waals surface area (Å²) in [5, 5.41) is 12.1. The Bertz CT molecular complexity index is 617. The summed E-state index contributed by atoms with van der Waals surface area (Å²) < 4.78 is 1.08. The number of nitrogen functional groups attached to an aromatic ring is 1. The van der Waals surface area contributed by atoms with E-state index in [1.807, 2.05) is 36.4 Å². The van der Waals surface area contributed by atoms with Crippen LogP contribution < -0.4 is 11.1 Å². The number of nitrogens with zero attached hydrogens (tertiary/aromatic N) is 1. The Labute approximate surface area is 121 Å². The van der Waals surface area contributed by atoms with Crippen LogP contribution >= 0.6 is 15.9 Å². The number of hydrogen-bond donors (Lipinski definition) is 2. The second kappa shape index (κ2) is 6.26. The fourth-order valence-corrected chi connectivity index (χ4v) is 2.22. The van der Waals surface area contributed by atoms with E-state index in [2.05, 4.69) is 33.4 Å². The van der Waals surface area contributed by atoms with E-state index in [4.69, 9.17) is 11.0 Å². The van der Waals surface area contributed by atoms with Gasteiger partial charge in [0.05, 0.1) is 12.5 Å². The summed E-state index contributed by atoms with van der Waals surface area (Å²) in [6.07, 6.45) is 0.330. The summed E-state index contributed by atoms with van der Waals surface area (Å²) in [4.78, 5) is 0. The van der Waals surface area contributed by atoms with E-state index in [0.29, 0.717) is 12.1 Å². The number of anilines is 2. The van der Waals surface area contributed by atoms with E-state index < -0.39 is 0 Å². The van der Waals surface area contributed by atoms with Gasteiger partial charge in [-0.3, -0.25) is 0 Å². The SMILES string of the molecule is N#CCc1cc(NCc2ccccc2Br)ccc1N. The number of rotatable bonds is 4. The first kappa shape index (κ1) is 13.4. The minimum absolute atomic E-state index is 0.330. The first-order valence-corrected chi connectivity index (χ1v) is 6.72. The largest absolute Gasteiger partial charge is 0.398 e. The van der Waals surface area contributed by atoms with Gasteiger partial charge in [0.25, 0.3) is 0 Å². The molecule has 2 rings (SSSR count). The molecule has 19 heavy (non-hydrogen) atoms. The molecule has 0 aliphatic heterocycles. The lowest BCUT2D eigenvalue weighted by atomic mass is 10.1. The van der Waals surface area contributed by atoms with Gasteiger partial charge in [-0.05, 0) is 35.4 Å². The molecule has 2 aromatic carbocycles. The second-order valence-electron chi connectivity index (χ2n) is 4.19. The third-order valence-electron chi connectivity index (χ3n) is 2.85. The van der Waals surface area contributed by atoms with Crippen LogP contribution in [-0.4, -0.2) is 0 Å². The van der Waals surface area contributed by atoms with Crippen molar-refractivity contribution in [2.24, 2.45) is 0 Å². The number of halogens is 1. The Morgan fingerprint density at radius 1 is 1.16 bits per heavy atom. The number of nitrogens with one attached hydrogen (secondary N) is 1. The predicted molar refractivity (Wildman–Crippen MR) is 81.6 cm³/mol. The average Bonchev–Trinajstić information content (AvgIpc) is 2.41. The lowest BCUT2D eigenvalue weighted by molar-refractivity contribution is 1.13. The van der Waals surface area contributed by atoms with E-state index in [9.17, 15) is 0 Å². The van der Waals surface area contributed by atoms with E-state index in [1.165, 1.54) is 5.56 Å². The highest BCUT2D eigenvalue weighted by atomic mass is 79.9. The Morgan fingerprint density at radius 3 is 2.68 bits per heavy atom. The van der Waals surface area contributed by atoms with Gasteiger partial charge in [-0.15, -0.1) is 0 Å². The molecular formula is C15H14BrN3. The van der Waals surface area contributed by atoms with Crippen molar-refractivity contribution in [1.29, 1.82) is 5.26 Å². The van der Waals surface area contributed by atoms with Crippen LogP contribution in [-0.2, 0) is 13.0 Å². The van der Waals surface area contributed by atoms with Gasteiger partial charge in [-0.1, -0.05) is 34.1 Å². The Kier molecular flexibility index (Phi) is 4.43. The van der Waals surface area contributed by atoms with Crippen LogP contribution in [0, 0.1) is 11.3 Å². The standard InChI is InChI=1S/C15H14BrN3/c16-14-4-2-1-3-12(14)10-19-13-5-6-15(18)11(9-13)7-8-17/h1-6,9,19H,7,10,18H2. The van der Waals surface area contributed by atoms with Gasteiger partial charge in [0.1, 0.15) is 0 Å². The molecule has 0 aliphatic carbocycles. The second-order valence-corrected chi connectivity index (χ2v) is 5.05. The van der Waals surface area contributed by atoms with E-state index in [1.54, 1.807) is 0 Å². The monoisotopic (exact) mass is 315 g/mol. The first-order valence-electron chi connectivity index (χ1n) is 5.93. The molecule has 96 valence electrons. The van der Waals surface area contributed by atoms with E-state index >= 15 is 0 Å². The third kappa shape index (κ3) is 3.49. The maximum Gasteiger partial charge on any atom is 0.0670 e. The molecule has 3 N–H and O–H groups in total. The van der Waals surface area contributed by atoms with Crippen LogP contribution in [0.5, 0.6) is 0 Å². The van der Waals surface area contributed by atoms with E-state index in [-0.39, 0.29) is 0 Å². The fourth-order valence-electron chi connectivity index (χ4n) is 1.79. The number of nitriles is 1. The van der Waals surface area contributed by atoms with Crippen molar-refractivity contribution in [3.63, 3.8) is 0 Å². The summed E-state index contributed by atoms with van der Waals surface area (Å²) in [5.41, 5.74) is 9.49. The fraction of sp³-hybridized carbons (Fsp3) is 0.133. The molecule has 0 bridgehead atoms. The number of nitrogens with two attached hydrogens (primary N) is 1. The normalized spacial score (nSPS) is 9.89. The third-order valence-corrected chi connectivity index (χ3v) is 3.63. The average molecular weight is 316 g/mol. The molecule has 0 fully saturated rings. The summed E-state index contributed by atoms with van der Waals surface area (Å²) >= 11 is 3.52. The molecule has 0 atom stereocenters. The summed E-state index contributed by atoms with van der Waals surface area (Å²) in [6.45, 7) is 0.720. The van der Waals surface area contributed by atoms with Crippen LogP contribution in [0.3, 0.4) is 0 Å². The van der Waals surface area contributed by atoms with Gasteiger partial charge in [-0.25, -0.2) is 0 Å². The van der Waals surface area contributed by atoms with Crippen LogP contribution in [0.1, 0.15) is 11.1 Å². The molecule has 0 amide bonds. The molecule has 0 unspecified atom stereocenters. The molecule has 0 aromatic heterocycles. The molecule has 4 heteroatoms. The van der Waals surface area contributed by atoms with Crippen molar-refractivity contribution in [2.45, 2.75) is 13.0 Å². The lowest BCUT2D eigenvalue weighted by Crippen LogP contribution is -2.02. The van der Waals surface area contributed by atoms with Gasteiger partial charge in [0.15, 0.2) is 0 Å². The van der Waals surface area contributed by atoms with Crippen molar-refractivity contribution in [2.75, 3.05) is 11.1 Å². The van der Waals surface area contributed by atoms with Crippen molar-refractivity contribution in [1.82, 2.24) is 0 Å². The molecule has 0 saturated carbocycles.